The number of carbonyl (C=O) groups is 1. The molecule has 0 spiro atoms. The van der Waals surface area contributed by atoms with E-state index in [9.17, 15) is 9.59 Å². The molecule has 6 heteroatoms. The molecule has 0 radical (unpaired) electrons. The Hall–Kier alpha value is -2.37. The molecule has 2 aromatic rings. The Morgan fingerprint density at radius 3 is 2.59 bits per heavy atom. The van der Waals surface area contributed by atoms with E-state index in [1.165, 1.54) is 19.3 Å². The second-order valence-electron chi connectivity index (χ2n) is 7.73. The molecule has 144 valence electrons. The number of anilines is 1. The van der Waals surface area contributed by atoms with Crippen LogP contribution in [0.4, 0.5) is 5.82 Å². The Labute approximate surface area is 159 Å². The number of aromatic nitrogens is 2. The van der Waals surface area contributed by atoms with Gasteiger partial charge in [0.15, 0.2) is 5.82 Å². The maximum absolute atomic E-state index is 13.2. The monoisotopic (exact) mass is 368 g/mol. The van der Waals surface area contributed by atoms with Gasteiger partial charge in [-0.25, -0.2) is 4.98 Å². The van der Waals surface area contributed by atoms with Crippen molar-refractivity contribution in [1.29, 1.82) is 0 Å². The first kappa shape index (κ1) is 18.0. The third-order valence-electron chi connectivity index (χ3n) is 5.77. The van der Waals surface area contributed by atoms with Crippen molar-refractivity contribution in [3.05, 3.63) is 34.6 Å². The van der Waals surface area contributed by atoms with Crippen molar-refractivity contribution in [1.82, 2.24) is 14.9 Å². The second-order valence-corrected chi connectivity index (χ2v) is 7.73. The molecule has 0 unspecified atom stereocenters. The summed E-state index contributed by atoms with van der Waals surface area (Å²) in [5.41, 5.74) is 1.54. The Morgan fingerprint density at radius 2 is 1.81 bits per heavy atom. The third-order valence-corrected chi connectivity index (χ3v) is 5.77. The number of aryl methyl sites for hydroxylation is 1. The molecule has 1 N–H and O–H groups in total. The summed E-state index contributed by atoms with van der Waals surface area (Å²) >= 11 is 0. The molecule has 4 rings (SSSR count). The highest BCUT2D eigenvalue weighted by atomic mass is 16.2. The molecule has 0 bridgehead atoms. The molecule has 1 aliphatic heterocycles. The number of fused-ring (bicyclic) bond motifs is 1. The van der Waals surface area contributed by atoms with Crippen molar-refractivity contribution >= 4 is 22.8 Å². The van der Waals surface area contributed by atoms with Gasteiger partial charge in [0.25, 0.3) is 5.56 Å². The first-order valence-corrected chi connectivity index (χ1v) is 10.3. The van der Waals surface area contributed by atoms with Crippen LogP contribution >= 0.6 is 0 Å². The molecular formula is C21H28N4O2. The highest BCUT2D eigenvalue weighted by Gasteiger charge is 2.20. The fraction of sp³-hybridized carbons (Fsp3) is 0.571. The number of nitrogens with one attached hydrogen (secondary N) is 1. The summed E-state index contributed by atoms with van der Waals surface area (Å²) in [4.78, 5) is 32.3. The number of rotatable bonds is 5. The maximum Gasteiger partial charge on any atom is 0.294 e. The molecule has 2 fully saturated rings. The van der Waals surface area contributed by atoms with Gasteiger partial charge in [-0.1, -0.05) is 25.0 Å². The molecule has 2 aliphatic rings. The summed E-state index contributed by atoms with van der Waals surface area (Å²) in [5, 5.41) is 3.11. The zero-order valence-corrected chi connectivity index (χ0v) is 15.8. The lowest BCUT2D eigenvalue weighted by Crippen LogP contribution is -2.38. The van der Waals surface area contributed by atoms with Crippen molar-refractivity contribution in [2.75, 3.05) is 18.0 Å². The molecule has 2 heterocycles. The number of hydrogen-bond acceptors (Lipinski definition) is 4. The Bertz CT molecular complexity index is 864. The van der Waals surface area contributed by atoms with E-state index < -0.39 is 0 Å². The highest BCUT2D eigenvalue weighted by Crippen LogP contribution is 2.19. The molecule has 27 heavy (non-hydrogen) atoms. The van der Waals surface area contributed by atoms with E-state index in [2.05, 4.69) is 15.2 Å². The van der Waals surface area contributed by atoms with E-state index in [1.807, 2.05) is 24.3 Å². The number of nitrogens with zero attached hydrogens (tertiary/aromatic N) is 3. The number of amides is 1. The van der Waals surface area contributed by atoms with Crippen LogP contribution in [-0.4, -0.2) is 34.6 Å². The van der Waals surface area contributed by atoms with Crippen LogP contribution in [0.2, 0.25) is 0 Å². The van der Waals surface area contributed by atoms with Crippen molar-refractivity contribution in [2.24, 2.45) is 0 Å². The van der Waals surface area contributed by atoms with Gasteiger partial charge in [0.2, 0.25) is 5.91 Å². The summed E-state index contributed by atoms with van der Waals surface area (Å²) in [7, 11) is 0. The molecule has 0 atom stereocenters. The minimum absolute atomic E-state index is 0.0363. The van der Waals surface area contributed by atoms with Crippen molar-refractivity contribution in [2.45, 2.75) is 64.0 Å². The first-order valence-electron chi connectivity index (χ1n) is 10.3. The van der Waals surface area contributed by atoms with E-state index in [0.29, 0.717) is 24.8 Å². The zero-order chi connectivity index (χ0) is 18.6. The van der Waals surface area contributed by atoms with Crippen LogP contribution in [0.1, 0.15) is 51.4 Å². The second kappa shape index (κ2) is 8.11. The maximum atomic E-state index is 13.2. The molecular weight excluding hydrogens is 340 g/mol. The SMILES string of the molecule is O=C(CCn1c(=O)c(N2CCCCC2)nc2ccccc21)NC1CCCC1. The predicted molar refractivity (Wildman–Crippen MR) is 107 cm³/mol. The van der Waals surface area contributed by atoms with Crippen LogP contribution in [0, 0.1) is 0 Å². The first-order chi connectivity index (χ1) is 13.2. The molecule has 1 aromatic heterocycles. The molecule has 1 amide bonds. The number of carbonyl (C=O) groups excluding carboxylic acids is 1. The van der Waals surface area contributed by atoms with Gasteiger partial charge in [-0.05, 0) is 44.2 Å². The van der Waals surface area contributed by atoms with E-state index >= 15 is 0 Å². The topological polar surface area (TPSA) is 67.2 Å². The number of piperidine rings is 1. The zero-order valence-electron chi connectivity index (χ0n) is 15.8. The van der Waals surface area contributed by atoms with Gasteiger partial charge in [-0.2, -0.15) is 0 Å². The summed E-state index contributed by atoms with van der Waals surface area (Å²) in [5.74, 6) is 0.568. The number of para-hydroxylation sites is 2. The van der Waals surface area contributed by atoms with Gasteiger partial charge >= 0.3 is 0 Å². The molecule has 1 saturated carbocycles. The summed E-state index contributed by atoms with van der Waals surface area (Å²) in [6.45, 7) is 2.15. The number of hydrogen-bond donors (Lipinski definition) is 1. The van der Waals surface area contributed by atoms with Crippen molar-refractivity contribution in [3.8, 4) is 0 Å². The van der Waals surface area contributed by atoms with Gasteiger partial charge in [-0.15, -0.1) is 0 Å². The van der Waals surface area contributed by atoms with E-state index in [1.54, 1.807) is 4.57 Å². The average molecular weight is 368 g/mol. The van der Waals surface area contributed by atoms with Crippen molar-refractivity contribution in [3.63, 3.8) is 0 Å². The lowest BCUT2D eigenvalue weighted by molar-refractivity contribution is -0.121. The van der Waals surface area contributed by atoms with E-state index in [4.69, 9.17) is 0 Å². The van der Waals surface area contributed by atoms with Crippen LogP contribution in [0.25, 0.3) is 11.0 Å². The predicted octanol–water partition coefficient (Wildman–Crippen LogP) is 2.84. The molecule has 6 nitrogen and oxygen atoms in total. The quantitative estimate of drug-likeness (QED) is 0.881. The highest BCUT2D eigenvalue weighted by molar-refractivity contribution is 5.78. The fourth-order valence-corrected chi connectivity index (χ4v) is 4.30. The largest absolute Gasteiger partial charge is 0.353 e. The van der Waals surface area contributed by atoms with Gasteiger partial charge in [-0.3, -0.25) is 9.59 Å². The Kier molecular flexibility index (Phi) is 5.41. The normalized spacial score (nSPS) is 18.1. The Balaban J connectivity index is 1.58. The van der Waals surface area contributed by atoms with Gasteiger partial charge < -0.3 is 14.8 Å². The van der Waals surface area contributed by atoms with Crippen LogP contribution in [0.3, 0.4) is 0 Å². The molecule has 1 aliphatic carbocycles. The van der Waals surface area contributed by atoms with E-state index in [-0.39, 0.29) is 11.5 Å². The van der Waals surface area contributed by atoms with Gasteiger partial charge in [0.1, 0.15) is 0 Å². The van der Waals surface area contributed by atoms with Crippen LogP contribution in [0.15, 0.2) is 29.1 Å². The smallest absolute Gasteiger partial charge is 0.294 e. The molecule has 1 aromatic carbocycles. The fourth-order valence-electron chi connectivity index (χ4n) is 4.30. The Morgan fingerprint density at radius 1 is 1.07 bits per heavy atom. The van der Waals surface area contributed by atoms with Crippen LogP contribution in [0.5, 0.6) is 0 Å². The lowest BCUT2D eigenvalue weighted by atomic mass is 10.1. The average Bonchev–Trinajstić information content (AvgIpc) is 3.20. The van der Waals surface area contributed by atoms with Crippen molar-refractivity contribution < 1.29 is 4.79 Å². The lowest BCUT2D eigenvalue weighted by Gasteiger charge is -2.28. The van der Waals surface area contributed by atoms with Crippen LogP contribution < -0.4 is 15.8 Å². The number of benzene rings is 1. The molecule has 1 saturated heterocycles. The van der Waals surface area contributed by atoms with Gasteiger partial charge in [0.05, 0.1) is 11.0 Å². The van der Waals surface area contributed by atoms with Gasteiger partial charge in [0, 0.05) is 32.1 Å². The minimum atomic E-state index is -0.0794. The van der Waals surface area contributed by atoms with Crippen LogP contribution in [-0.2, 0) is 11.3 Å². The standard InChI is InChI=1S/C21H28N4O2/c26-19(22-16-8-2-3-9-16)12-15-25-18-11-5-4-10-17(18)23-20(21(25)27)24-13-6-1-7-14-24/h4-5,10-11,16H,1-3,6-9,12-15H2,(H,22,26). The minimum Gasteiger partial charge on any atom is -0.353 e. The summed E-state index contributed by atoms with van der Waals surface area (Å²) in [6.07, 6.45) is 8.25. The third kappa shape index (κ3) is 3.99. The van der Waals surface area contributed by atoms with E-state index in [0.717, 1.165) is 49.8 Å². The summed E-state index contributed by atoms with van der Waals surface area (Å²) < 4.78 is 1.74. The summed E-state index contributed by atoms with van der Waals surface area (Å²) in [6, 6.07) is 8.03.